The van der Waals surface area contributed by atoms with Crippen molar-refractivity contribution in [2.45, 2.75) is 52.9 Å². The third-order valence-corrected chi connectivity index (χ3v) is 5.25. The van der Waals surface area contributed by atoms with Gasteiger partial charge in [-0.1, -0.05) is 33.1 Å². The van der Waals surface area contributed by atoms with Crippen molar-refractivity contribution in [2.24, 2.45) is 10.9 Å². The fraction of sp³-hybridized carbons (Fsp3) is 0.737. The molecule has 0 aromatic carbocycles. The van der Waals surface area contributed by atoms with Crippen LogP contribution in [0.2, 0.25) is 0 Å². The number of aryl methyl sites for hydroxylation is 1. The molecular formula is C19H35N5OS. The molecule has 2 N–H and O–H groups in total. The Balaban J connectivity index is 2.56. The van der Waals surface area contributed by atoms with Crippen LogP contribution in [0.15, 0.2) is 11.2 Å². The summed E-state index contributed by atoms with van der Waals surface area (Å²) in [5.41, 5.74) is 0. The van der Waals surface area contributed by atoms with Crippen molar-refractivity contribution >= 4 is 23.2 Å². The third kappa shape index (κ3) is 9.17. The van der Waals surface area contributed by atoms with Gasteiger partial charge in [-0.05, 0) is 19.3 Å². The monoisotopic (exact) mass is 381 g/mol. The zero-order valence-corrected chi connectivity index (χ0v) is 17.8. The van der Waals surface area contributed by atoms with Crippen LogP contribution in [0, 0.1) is 12.8 Å². The molecule has 0 aliphatic carbocycles. The quantitative estimate of drug-likeness (QED) is 0.457. The molecule has 1 atom stereocenters. The van der Waals surface area contributed by atoms with Gasteiger partial charge in [0, 0.05) is 44.7 Å². The number of aromatic nitrogens is 1. The molecule has 0 bridgehead atoms. The highest BCUT2D eigenvalue weighted by Gasteiger charge is 2.09. The summed E-state index contributed by atoms with van der Waals surface area (Å²) in [5, 5.41) is 7.88. The minimum Gasteiger partial charge on any atom is -0.356 e. The van der Waals surface area contributed by atoms with E-state index in [1.807, 2.05) is 6.20 Å². The number of nitrogens with zero attached hydrogens (tertiary/aromatic N) is 3. The zero-order valence-electron chi connectivity index (χ0n) is 17.0. The first-order chi connectivity index (χ1) is 12.5. The lowest BCUT2D eigenvalue weighted by Crippen LogP contribution is -2.41. The molecule has 1 rings (SSSR count). The van der Waals surface area contributed by atoms with Crippen LogP contribution >= 0.6 is 11.3 Å². The molecule has 0 saturated carbocycles. The van der Waals surface area contributed by atoms with Gasteiger partial charge in [-0.25, -0.2) is 9.98 Å². The van der Waals surface area contributed by atoms with E-state index in [1.165, 1.54) is 24.1 Å². The van der Waals surface area contributed by atoms with E-state index in [9.17, 15) is 4.79 Å². The van der Waals surface area contributed by atoms with Crippen LogP contribution < -0.4 is 10.6 Å². The Hall–Kier alpha value is -1.63. The third-order valence-electron chi connectivity index (χ3n) is 4.27. The van der Waals surface area contributed by atoms with Crippen molar-refractivity contribution in [1.82, 2.24) is 20.5 Å². The molecule has 0 aliphatic heterocycles. The maximum absolute atomic E-state index is 11.8. The van der Waals surface area contributed by atoms with Crippen molar-refractivity contribution in [3.8, 4) is 0 Å². The van der Waals surface area contributed by atoms with Crippen molar-refractivity contribution in [1.29, 1.82) is 0 Å². The molecule has 0 fully saturated rings. The van der Waals surface area contributed by atoms with Crippen LogP contribution in [0.5, 0.6) is 0 Å². The molecule has 1 aromatic rings. The van der Waals surface area contributed by atoms with Crippen LogP contribution in [-0.2, 0) is 11.2 Å². The van der Waals surface area contributed by atoms with Gasteiger partial charge in [-0.15, -0.1) is 11.3 Å². The van der Waals surface area contributed by atoms with E-state index >= 15 is 0 Å². The molecule has 7 heteroatoms. The maximum atomic E-state index is 11.8. The Labute approximate surface area is 162 Å². The van der Waals surface area contributed by atoms with Gasteiger partial charge in [-0.2, -0.15) is 0 Å². The summed E-state index contributed by atoms with van der Waals surface area (Å²) < 4.78 is 0. The highest BCUT2D eigenvalue weighted by Crippen LogP contribution is 2.12. The number of carbonyl (C=O) groups excluding carboxylic acids is 1. The predicted molar refractivity (Wildman–Crippen MR) is 111 cm³/mol. The lowest BCUT2D eigenvalue weighted by molar-refractivity contribution is -0.127. The molecule has 0 spiro atoms. The number of unbranched alkanes of at least 4 members (excludes halogenated alkanes) is 1. The Morgan fingerprint density at radius 1 is 1.35 bits per heavy atom. The minimum atomic E-state index is -0.000303. The van der Waals surface area contributed by atoms with Crippen LogP contribution in [0.25, 0.3) is 0 Å². The standard InChI is InChI=1S/C19H35N5OS/c1-6-8-9-16(7-2)13-22-19(23-14-18(25)24(4)5)20-11-10-17-21-12-15(3)26-17/h12,16H,6-11,13-14H2,1-5H3,(H2,20,22,23). The summed E-state index contributed by atoms with van der Waals surface area (Å²) in [6.07, 6.45) is 7.61. The van der Waals surface area contributed by atoms with Crippen LogP contribution in [0.4, 0.5) is 0 Å². The van der Waals surface area contributed by atoms with E-state index in [4.69, 9.17) is 0 Å². The Morgan fingerprint density at radius 2 is 2.12 bits per heavy atom. The summed E-state index contributed by atoms with van der Waals surface area (Å²) >= 11 is 1.72. The van der Waals surface area contributed by atoms with Crippen molar-refractivity contribution in [3.63, 3.8) is 0 Å². The second-order valence-electron chi connectivity index (χ2n) is 6.79. The molecule has 1 amide bonds. The highest BCUT2D eigenvalue weighted by atomic mass is 32.1. The highest BCUT2D eigenvalue weighted by molar-refractivity contribution is 7.11. The minimum absolute atomic E-state index is 0.000303. The Kier molecular flexibility index (Phi) is 10.9. The molecule has 1 aromatic heterocycles. The van der Waals surface area contributed by atoms with E-state index in [0.29, 0.717) is 11.9 Å². The molecule has 1 heterocycles. The molecule has 6 nitrogen and oxygen atoms in total. The number of likely N-dealkylation sites (N-methyl/N-ethyl adjacent to an activating group) is 1. The number of guanidine groups is 1. The molecule has 1 unspecified atom stereocenters. The number of aliphatic imine (C=N–C) groups is 1. The maximum Gasteiger partial charge on any atom is 0.243 e. The van der Waals surface area contributed by atoms with Crippen LogP contribution in [-0.4, -0.2) is 55.5 Å². The predicted octanol–water partition coefficient (Wildman–Crippen LogP) is 2.83. The van der Waals surface area contributed by atoms with Crippen LogP contribution in [0.1, 0.15) is 49.4 Å². The molecule has 26 heavy (non-hydrogen) atoms. The Morgan fingerprint density at radius 3 is 2.69 bits per heavy atom. The topological polar surface area (TPSA) is 69.6 Å². The van der Waals surface area contributed by atoms with E-state index in [1.54, 1.807) is 30.3 Å². The van der Waals surface area contributed by atoms with Crippen molar-refractivity contribution < 1.29 is 4.79 Å². The molecule has 148 valence electrons. The van der Waals surface area contributed by atoms with E-state index in [-0.39, 0.29) is 12.5 Å². The average Bonchev–Trinajstić information content (AvgIpc) is 3.03. The van der Waals surface area contributed by atoms with Crippen molar-refractivity contribution in [2.75, 3.05) is 33.7 Å². The van der Waals surface area contributed by atoms with E-state index in [0.717, 1.165) is 30.9 Å². The van der Waals surface area contributed by atoms with Gasteiger partial charge in [0.25, 0.3) is 0 Å². The van der Waals surface area contributed by atoms with Gasteiger partial charge in [0.15, 0.2) is 5.96 Å². The van der Waals surface area contributed by atoms with Gasteiger partial charge in [0.2, 0.25) is 5.91 Å². The second-order valence-corrected chi connectivity index (χ2v) is 8.11. The average molecular weight is 382 g/mol. The van der Waals surface area contributed by atoms with Gasteiger partial charge >= 0.3 is 0 Å². The Bertz CT molecular complexity index is 556. The smallest absolute Gasteiger partial charge is 0.243 e. The van der Waals surface area contributed by atoms with Gasteiger partial charge in [0.05, 0.1) is 5.01 Å². The van der Waals surface area contributed by atoms with Gasteiger partial charge in [-0.3, -0.25) is 4.79 Å². The lowest BCUT2D eigenvalue weighted by atomic mass is 9.99. The normalized spacial score (nSPS) is 12.7. The summed E-state index contributed by atoms with van der Waals surface area (Å²) in [5.74, 6) is 1.34. The number of amides is 1. The number of thiazole rings is 1. The molecule has 0 saturated heterocycles. The number of nitrogens with one attached hydrogen (secondary N) is 2. The number of hydrogen-bond donors (Lipinski definition) is 2. The first kappa shape index (κ1) is 22.4. The van der Waals surface area contributed by atoms with Gasteiger partial charge < -0.3 is 15.5 Å². The molecule has 0 aliphatic rings. The molecule has 0 radical (unpaired) electrons. The summed E-state index contributed by atoms with van der Waals surface area (Å²) in [6.45, 7) is 8.31. The van der Waals surface area contributed by atoms with Crippen LogP contribution in [0.3, 0.4) is 0 Å². The summed E-state index contributed by atoms with van der Waals surface area (Å²) in [7, 11) is 3.50. The first-order valence-corrected chi connectivity index (χ1v) is 10.4. The number of rotatable bonds is 11. The molecular weight excluding hydrogens is 346 g/mol. The second kappa shape index (κ2) is 12.7. The zero-order chi connectivity index (χ0) is 19.4. The summed E-state index contributed by atoms with van der Waals surface area (Å²) in [4.78, 5) is 23.5. The largest absolute Gasteiger partial charge is 0.356 e. The van der Waals surface area contributed by atoms with E-state index < -0.39 is 0 Å². The van der Waals surface area contributed by atoms with E-state index in [2.05, 4.69) is 41.4 Å². The fourth-order valence-electron chi connectivity index (χ4n) is 2.45. The SMILES string of the molecule is CCCCC(CC)CNC(=NCC(=O)N(C)C)NCCc1ncc(C)s1. The van der Waals surface area contributed by atoms with Crippen molar-refractivity contribution in [3.05, 3.63) is 16.1 Å². The first-order valence-electron chi connectivity index (χ1n) is 9.59. The number of hydrogen-bond acceptors (Lipinski definition) is 4. The van der Waals surface area contributed by atoms with Gasteiger partial charge in [0.1, 0.15) is 6.54 Å². The number of carbonyl (C=O) groups is 1. The summed E-state index contributed by atoms with van der Waals surface area (Å²) in [6, 6.07) is 0. The lowest BCUT2D eigenvalue weighted by Gasteiger charge is -2.18. The fourth-order valence-corrected chi connectivity index (χ4v) is 3.24.